The first-order valence-corrected chi connectivity index (χ1v) is 8.68. The van der Waals surface area contributed by atoms with Gasteiger partial charge in [-0.1, -0.05) is 6.92 Å². The summed E-state index contributed by atoms with van der Waals surface area (Å²) in [5.41, 5.74) is 1.84. The summed E-state index contributed by atoms with van der Waals surface area (Å²) in [5, 5.41) is 7.67. The number of nitrogens with zero attached hydrogens (tertiary/aromatic N) is 5. The van der Waals surface area contributed by atoms with Crippen LogP contribution in [0.3, 0.4) is 0 Å². The van der Waals surface area contributed by atoms with E-state index in [2.05, 4.69) is 27.2 Å². The molecule has 1 aliphatic rings. The molecule has 0 unspecified atom stereocenters. The quantitative estimate of drug-likeness (QED) is 0.881. The smallest absolute Gasteiger partial charge is 0.226 e. The molecule has 2 aromatic rings. The highest BCUT2D eigenvalue weighted by atomic mass is 16.1. The molecule has 7 nitrogen and oxygen atoms in total. The summed E-state index contributed by atoms with van der Waals surface area (Å²) in [4.78, 5) is 19.0. The van der Waals surface area contributed by atoms with E-state index in [1.807, 2.05) is 29.4 Å². The molecule has 1 fully saturated rings. The number of hydrogen-bond donors (Lipinski definition) is 1. The molecule has 0 spiro atoms. The van der Waals surface area contributed by atoms with Gasteiger partial charge in [0.15, 0.2) is 5.82 Å². The Morgan fingerprint density at radius 1 is 1.33 bits per heavy atom. The lowest BCUT2D eigenvalue weighted by molar-refractivity contribution is -0.116. The van der Waals surface area contributed by atoms with E-state index in [-0.39, 0.29) is 5.91 Å². The molecule has 0 atom stereocenters. The second-order valence-corrected chi connectivity index (χ2v) is 6.29. The van der Waals surface area contributed by atoms with Crippen LogP contribution in [0, 0.1) is 6.92 Å². The Balaban J connectivity index is 1.67. The van der Waals surface area contributed by atoms with Crippen molar-refractivity contribution in [2.45, 2.75) is 46.1 Å². The SMILES string of the molecule is CCc1nccn1CCC(=O)Nc1c(N2CCCC2)nn(C)c1C. The van der Waals surface area contributed by atoms with Crippen molar-refractivity contribution >= 4 is 17.4 Å². The van der Waals surface area contributed by atoms with Crippen LogP contribution in [-0.2, 0) is 24.8 Å². The molecule has 1 N–H and O–H groups in total. The van der Waals surface area contributed by atoms with Gasteiger partial charge in [-0.2, -0.15) is 5.10 Å². The molecule has 2 aromatic heterocycles. The normalized spacial score (nSPS) is 14.4. The van der Waals surface area contributed by atoms with E-state index in [0.29, 0.717) is 13.0 Å². The van der Waals surface area contributed by atoms with E-state index < -0.39 is 0 Å². The van der Waals surface area contributed by atoms with Crippen LogP contribution in [0.2, 0.25) is 0 Å². The Morgan fingerprint density at radius 3 is 2.79 bits per heavy atom. The van der Waals surface area contributed by atoms with Crippen molar-refractivity contribution in [3.63, 3.8) is 0 Å². The van der Waals surface area contributed by atoms with Gasteiger partial charge in [-0.05, 0) is 19.8 Å². The predicted octanol–water partition coefficient (Wildman–Crippen LogP) is 2.12. The van der Waals surface area contributed by atoms with Gasteiger partial charge in [-0.15, -0.1) is 0 Å². The molecule has 3 rings (SSSR count). The zero-order chi connectivity index (χ0) is 17.1. The van der Waals surface area contributed by atoms with Crippen LogP contribution in [0.5, 0.6) is 0 Å². The van der Waals surface area contributed by atoms with Gasteiger partial charge in [0.05, 0.1) is 5.69 Å². The second-order valence-electron chi connectivity index (χ2n) is 6.29. The zero-order valence-electron chi connectivity index (χ0n) is 14.7. The number of aromatic nitrogens is 4. The van der Waals surface area contributed by atoms with Gasteiger partial charge in [0.2, 0.25) is 5.91 Å². The van der Waals surface area contributed by atoms with Crippen molar-refractivity contribution in [2.24, 2.45) is 7.05 Å². The fourth-order valence-corrected chi connectivity index (χ4v) is 3.17. The molecule has 24 heavy (non-hydrogen) atoms. The van der Waals surface area contributed by atoms with E-state index in [0.717, 1.165) is 42.5 Å². The summed E-state index contributed by atoms with van der Waals surface area (Å²) in [6.45, 7) is 6.73. The topological polar surface area (TPSA) is 68.0 Å². The van der Waals surface area contributed by atoms with Crippen molar-refractivity contribution in [3.8, 4) is 0 Å². The Kier molecular flexibility index (Phi) is 4.87. The van der Waals surface area contributed by atoms with E-state index >= 15 is 0 Å². The fourth-order valence-electron chi connectivity index (χ4n) is 3.17. The number of carbonyl (C=O) groups excluding carboxylic acids is 1. The van der Waals surface area contributed by atoms with Gasteiger partial charge in [0.1, 0.15) is 11.5 Å². The van der Waals surface area contributed by atoms with Gasteiger partial charge >= 0.3 is 0 Å². The van der Waals surface area contributed by atoms with Crippen LogP contribution < -0.4 is 10.2 Å². The maximum atomic E-state index is 12.4. The van der Waals surface area contributed by atoms with Crippen LogP contribution in [0.25, 0.3) is 0 Å². The minimum Gasteiger partial charge on any atom is -0.353 e. The standard InChI is InChI=1S/C17H26N6O/c1-4-14-18-8-12-22(14)11-7-15(24)19-16-13(2)21(3)20-17(16)23-9-5-6-10-23/h8,12H,4-7,9-11H2,1-3H3,(H,19,24). The predicted molar refractivity (Wildman–Crippen MR) is 94.2 cm³/mol. The first-order chi connectivity index (χ1) is 11.6. The highest BCUT2D eigenvalue weighted by Crippen LogP contribution is 2.30. The van der Waals surface area contributed by atoms with Crippen LogP contribution in [0.4, 0.5) is 11.5 Å². The number of amides is 1. The molecule has 1 saturated heterocycles. The van der Waals surface area contributed by atoms with E-state index in [1.54, 1.807) is 6.20 Å². The second kappa shape index (κ2) is 7.07. The van der Waals surface area contributed by atoms with Crippen molar-refractivity contribution in [1.82, 2.24) is 19.3 Å². The molecule has 0 aliphatic carbocycles. The Hall–Kier alpha value is -2.31. The van der Waals surface area contributed by atoms with Crippen LogP contribution >= 0.6 is 0 Å². The maximum absolute atomic E-state index is 12.4. The highest BCUT2D eigenvalue weighted by molar-refractivity contribution is 5.94. The average Bonchev–Trinajstić information content (AvgIpc) is 3.29. The van der Waals surface area contributed by atoms with Gasteiger partial charge in [-0.25, -0.2) is 4.98 Å². The van der Waals surface area contributed by atoms with E-state index in [9.17, 15) is 4.79 Å². The molecular weight excluding hydrogens is 304 g/mol. The summed E-state index contributed by atoms with van der Waals surface area (Å²) in [7, 11) is 1.92. The first-order valence-electron chi connectivity index (χ1n) is 8.68. The van der Waals surface area contributed by atoms with Gasteiger partial charge in [0, 0.05) is 51.9 Å². The van der Waals surface area contributed by atoms with Crippen LogP contribution in [-0.4, -0.2) is 38.3 Å². The Labute approximate surface area is 142 Å². The Bertz CT molecular complexity index is 711. The molecule has 3 heterocycles. The summed E-state index contributed by atoms with van der Waals surface area (Å²) < 4.78 is 3.88. The largest absolute Gasteiger partial charge is 0.353 e. The monoisotopic (exact) mass is 330 g/mol. The molecule has 0 saturated carbocycles. The van der Waals surface area contributed by atoms with Crippen molar-refractivity contribution in [2.75, 3.05) is 23.3 Å². The number of anilines is 2. The molecule has 0 aromatic carbocycles. The number of rotatable bonds is 6. The Morgan fingerprint density at radius 2 is 2.08 bits per heavy atom. The van der Waals surface area contributed by atoms with E-state index in [4.69, 9.17) is 0 Å². The van der Waals surface area contributed by atoms with Gasteiger partial charge < -0.3 is 14.8 Å². The number of hydrogen-bond acceptors (Lipinski definition) is 4. The summed E-state index contributed by atoms with van der Waals surface area (Å²) in [6, 6.07) is 0. The van der Waals surface area contributed by atoms with Crippen LogP contribution in [0.1, 0.15) is 37.7 Å². The summed E-state index contributed by atoms with van der Waals surface area (Å²) in [6.07, 6.45) is 7.38. The molecule has 0 bridgehead atoms. The lowest BCUT2D eigenvalue weighted by Crippen LogP contribution is -2.21. The minimum atomic E-state index is 0.0160. The lowest BCUT2D eigenvalue weighted by Gasteiger charge is -2.16. The fraction of sp³-hybridized carbons (Fsp3) is 0.588. The third-order valence-electron chi connectivity index (χ3n) is 4.68. The van der Waals surface area contributed by atoms with Gasteiger partial charge in [0.25, 0.3) is 0 Å². The molecule has 130 valence electrons. The number of aryl methyl sites for hydroxylation is 3. The molecule has 1 amide bonds. The minimum absolute atomic E-state index is 0.0160. The third kappa shape index (κ3) is 3.29. The molecule has 1 aliphatic heterocycles. The average molecular weight is 330 g/mol. The van der Waals surface area contributed by atoms with Crippen molar-refractivity contribution in [3.05, 3.63) is 23.9 Å². The van der Waals surface area contributed by atoms with Crippen molar-refractivity contribution < 1.29 is 4.79 Å². The number of imidazole rings is 1. The molecule has 7 heteroatoms. The molecule has 0 radical (unpaired) electrons. The first kappa shape index (κ1) is 16.5. The van der Waals surface area contributed by atoms with Gasteiger partial charge in [-0.3, -0.25) is 9.48 Å². The van der Waals surface area contributed by atoms with Crippen LogP contribution in [0.15, 0.2) is 12.4 Å². The third-order valence-corrected chi connectivity index (χ3v) is 4.68. The summed E-state index contributed by atoms with van der Waals surface area (Å²) >= 11 is 0. The summed E-state index contributed by atoms with van der Waals surface area (Å²) in [5.74, 6) is 1.93. The highest BCUT2D eigenvalue weighted by Gasteiger charge is 2.23. The number of nitrogens with one attached hydrogen (secondary N) is 1. The van der Waals surface area contributed by atoms with Crippen molar-refractivity contribution in [1.29, 1.82) is 0 Å². The van der Waals surface area contributed by atoms with E-state index in [1.165, 1.54) is 12.8 Å². The zero-order valence-corrected chi connectivity index (χ0v) is 14.7. The molecular formula is C17H26N6O. The number of carbonyl (C=O) groups is 1. The maximum Gasteiger partial charge on any atom is 0.226 e. The lowest BCUT2D eigenvalue weighted by atomic mass is 10.3.